The third-order valence-electron chi connectivity index (χ3n) is 4.50. The number of benzene rings is 1. The highest BCUT2D eigenvalue weighted by Crippen LogP contribution is 2.32. The number of nitrogens with two attached hydrogens (primary N) is 1. The monoisotopic (exact) mass is 378 g/mol. The molecule has 4 nitrogen and oxygen atoms in total. The number of thiophene rings is 1. The molecule has 1 aliphatic rings. The highest BCUT2D eigenvalue weighted by atomic mass is 35.5. The lowest BCUT2D eigenvalue weighted by Crippen LogP contribution is -2.35. The van der Waals surface area contributed by atoms with Crippen molar-refractivity contribution in [3.05, 3.63) is 45.1 Å². The Morgan fingerprint density at radius 1 is 1.24 bits per heavy atom. The Hall–Kier alpha value is -1.85. The molecular formula is C19H23ClN2O2S. The summed E-state index contributed by atoms with van der Waals surface area (Å²) in [5.74, 6) is 0.0505. The maximum absolute atomic E-state index is 12.6. The normalized spacial score (nSPS) is 13.1. The summed E-state index contributed by atoms with van der Waals surface area (Å²) in [7, 11) is 0. The van der Waals surface area contributed by atoms with Gasteiger partial charge in [0.1, 0.15) is 0 Å². The van der Waals surface area contributed by atoms with Gasteiger partial charge in [0.25, 0.3) is 0 Å². The van der Waals surface area contributed by atoms with E-state index in [9.17, 15) is 9.59 Å². The van der Waals surface area contributed by atoms with Gasteiger partial charge in [-0.2, -0.15) is 0 Å². The number of hydrogen-bond acceptors (Lipinski definition) is 4. The zero-order chi connectivity index (χ0) is 17.3. The first-order valence-electron chi connectivity index (χ1n) is 8.25. The van der Waals surface area contributed by atoms with Crippen LogP contribution in [0.1, 0.15) is 44.9 Å². The molecule has 0 fully saturated rings. The first-order chi connectivity index (χ1) is 11.5. The minimum atomic E-state index is -0.000459. The maximum atomic E-state index is 12.6. The number of hydrogen-bond donors (Lipinski definition) is 1. The minimum absolute atomic E-state index is 0. The van der Waals surface area contributed by atoms with E-state index >= 15 is 0 Å². The van der Waals surface area contributed by atoms with Gasteiger partial charge in [-0.15, -0.1) is 23.7 Å². The van der Waals surface area contributed by atoms with Gasteiger partial charge in [-0.25, -0.2) is 0 Å². The van der Waals surface area contributed by atoms with Crippen LogP contribution in [0.15, 0.2) is 24.3 Å². The molecular weight excluding hydrogens is 356 g/mol. The largest absolute Gasteiger partial charge is 0.398 e. The predicted octanol–water partition coefficient (Wildman–Crippen LogP) is 4.31. The number of Topliss-reactive ketones (excluding diaryl/α,β-unsaturated/α-hetero) is 1. The van der Waals surface area contributed by atoms with Crippen molar-refractivity contribution in [2.75, 3.05) is 17.2 Å². The van der Waals surface area contributed by atoms with Gasteiger partial charge in [-0.3, -0.25) is 9.59 Å². The summed E-state index contributed by atoms with van der Waals surface area (Å²) in [5, 5.41) is 0. The van der Waals surface area contributed by atoms with Gasteiger partial charge < -0.3 is 10.6 Å². The lowest BCUT2D eigenvalue weighted by atomic mass is 9.99. The van der Waals surface area contributed by atoms with Crippen molar-refractivity contribution in [3.63, 3.8) is 0 Å². The summed E-state index contributed by atoms with van der Waals surface area (Å²) < 4.78 is 0. The molecule has 2 heterocycles. The molecule has 2 N–H and O–H groups in total. The van der Waals surface area contributed by atoms with Crippen LogP contribution in [0.5, 0.6) is 0 Å². The fourth-order valence-electron chi connectivity index (χ4n) is 3.31. The van der Waals surface area contributed by atoms with Crippen LogP contribution in [0, 0.1) is 13.8 Å². The van der Waals surface area contributed by atoms with Gasteiger partial charge in [0.15, 0.2) is 5.78 Å². The van der Waals surface area contributed by atoms with Gasteiger partial charge in [-0.05, 0) is 50.5 Å². The Morgan fingerprint density at radius 3 is 2.68 bits per heavy atom. The molecule has 1 aliphatic heterocycles. The van der Waals surface area contributed by atoms with Crippen molar-refractivity contribution in [2.45, 2.75) is 39.5 Å². The second kappa shape index (κ2) is 8.02. The summed E-state index contributed by atoms with van der Waals surface area (Å²) in [6.07, 6.45) is 2.30. The van der Waals surface area contributed by atoms with E-state index in [1.54, 1.807) is 16.2 Å². The second-order valence-electron chi connectivity index (χ2n) is 6.24. The van der Waals surface area contributed by atoms with Gasteiger partial charge in [0.2, 0.25) is 5.91 Å². The van der Waals surface area contributed by atoms with Crippen molar-refractivity contribution in [3.8, 4) is 0 Å². The van der Waals surface area contributed by atoms with E-state index in [4.69, 9.17) is 5.73 Å². The van der Waals surface area contributed by atoms with E-state index in [2.05, 4.69) is 0 Å². The molecule has 1 aromatic heterocycles. The number of carbonyl (C=O) groups is 2. The maximum Gasteiger partial charge on any atom is 0.227 e. The first kappa shape index (κ1) is 19.5. The second-order valence-corrected chi connectivity index (χ2v) is 7.70. The highest BCUT2D eigenvalue weighted by molar-refractivity contribution is 7.12. The molecule has 0 saturated carbocycles. The molecule has 0 unspecified atom stereocenters. The van der Waals surface area contributed by atoms with Gasteiger partial charge in [-0.1, -0.05) is 6.07 Å². The van der Waals surface area contributed by atoms with Gasteiger partial charge in [0.05, 0.1) is 0 Å². The molecule has 0 radical (unpaired) electrons. The Kier molecular flexibility index (Phi) is 6.25. The van der Waals surface area contributed by atoms with Crippen molar-refractivity contribution in [1.29, 1.82) is 0 Å². The van der Waals surface area contributed by atoms with Crippen molar-refractivity contribution in [1.82, 2.24) is 0 Å². The average Bonchev–Trinajstić information content (AvgIpc) is 2.91. The quantitative estimate of drug-likeness (QED) is 0.636. The van der Waals surface area contributed by atoms with Crippen LogP contribution in [0.3, 0.4) is 0 Å². The van der Waals surface area contributed by atoms with Crippen LogP contribution in [0.25, 0.3) is 0 Å². The number of rotatable bonds is 4. The van der Waals surface area contributed by atoms with Crippen LogP contribution in [-0.2, 0) is 11.2 Å². The molecule has 2 aromatic rings. The van der Waals surface area contributed by atoms with E-state index in [1.165, 1.54) is 0 Å². The summed E-state index contributed by atoms with van der Waals surface area (Å²) in [5.41, 5.74) is 9.48. The fraction of sp³-hybridized carbons (Fsp3) is 0.368. The molecule has 0 bridgehead atoms. The Bertz CT molecular complexity index is 801. The Labute approximate surface area is 158 Å². The van der Waals surface area contributed by atoms with Crippen LogP contribution < -0.4 is 10.6 Å². The zero-order valence-electron chi connectivity index (χ0n) is 14.5. The highest BCUT2D eigenvalue weighted by Gasteiger charge is 2.24. The molecule has 25 heavy (non-hydrogen) atoms. The predicted molar refractivity (Wildman–Crippen MR) is 106 cm³/mol. The van der Waals surface area contributed by atoms with Gasteiger partial charge in [0, 0.05) is 46.1 Å². The van der Waals surface area contributed by atoms with Gasteiger partial charge >= 0.3 is 0 Å². The molecule has 3 rings (SSSR count). The van der Waals surface area contributed by atoms with E-state index in [0.29, 0.717) is 6.54 Å². The molecule has 0 atom stereocenters. The van der Waals surface area contributed by atoms with E-state index in [-0.39, 0.29) is 36.9 Å². The summed E-state index contributed by atoms with van der Waals surface area (Å²) in [4.78, 5) is 29.0. The standard InChI is InChI=1S/C19H22N2O2S.ClH/c1-12-11-15(13(2)24-12)18(22)8-9-19(23)21-10-4-5-14-16(20)6-3-7-17(14)21;/h3,6-7,11H,4-5,8-10,20H2,1-2H3;1H. The number of fused-ring (bicyclic) bond motifs is 1. The van der Waals surface area contributed by atoms with Crippen LogP contribution in [-0.4, -0.2) is 18.2 Å². The smallest absolute Gasteiger partial charge is 0.227 e. The number of anilines is 2. The third-order valence-corrected chi connectivity index (χ3v) is 5.46. The average molecular weight is 379 g/mol. The van der Waals surface area contributed by atoms with Crippen molar-refractivity contribution >= 4 is 46.8 Å². The Morgan fingerprint density at radius 2 is 2.00 bits per heavy atom. The van der Waals surface area contributed by atoms with E-state index in [0.717, 1.165) is 45.1 Å². The number of aryl methyl sites for hydroxylation is 2. The number of halogens is 1. The molecule has 1 aromatic carbocycles. The SMILES string of the molecule is Cc1cc(C(=O)CCC(=O)N2CCCc3c(N)cccc32)c(C)s1.Cl. The number of nitrogen functional groups attached to an aromatic ring is 1. The molecule has 134 valence electrons. The summed E-state index contributed by atoms with van der Waals surface area (Å²) >= 11 is 1.62. The molecule has 0 spiro atoms. The minimum Gasteiger partial charge on any atom is -0.398 e. The molecule has 0 aliphatic carbocycles. The van der Waals surface area contributed by atoms with E-state index in [1.807, 2.05) is 38.1 Å². The fourth-order valence-corrected chi connectivity index (χ4v) is 4.25. The Balaban J connectivity index is 0.00000225. The number of amides is 1. The first-order valence-corrected chi connectivity index (χ1v) is 9.07. The lowest BCUT2D eigenvalue weighted by molar-refractivity contribution is -0.118. The topological polar surface area (TPSA) is 63.4 Å². The van der Waals surface area contributed by atoms with E-state index < -0.39 is 0 Å². The third kappa shape index (κ3) is 4.05. The van der Waals surface area contributed by atoms with Crippen molar-refractivity contribution < 1.29 is 9.59 Å². The molecule has 0 saturated heterocycles. The summed E-state index contributed by atoms with van der Waals surface area (Å²) in [6.45, 7) is 4.64. The molecule has 1 amide bonds. The van der Waals surface area contributed by atoms with Crippen LogP contribution in [0.2, 0.25) is 0 Å². The number of ketones is 1. The zero-order valence-corrected chi connectivity index (χ0v) is 16.1. The molecule has 6 heteroatoms. The van der Waals surface area contributed by atoms with Crippen LogP contribution >= 0.6 is 23.7 Å². The van der Waals surface area contributed by atoms with Crippen molar-refractivity contribution in [2.24, 2.45) is 0 Å². The summed E-state index contributed by atoms with van der Waals surface area (Å²) in [6, 6.07) is 7.61. The number of nitrogens with zero attached hydrogens (tertiary/aromatic N) is 1. The lowest BCUT2D eigenvalue weighted by Gasteiger charge is -2.30. The number of carbonyl (C=O) groups excluding carboxylic acids is 2. The van der Waals surface area contributed by atoms with Crippen LogP contribution in [0.4, 0.5) is 11.4 Å².